The van der Waals surface area contributed by atoms with Gasteiger partial charge >= 0.3 is 0 Å². The molecule has 15 heavy (non-hydrogen) atoms. The minimum absolute atomic E-state index is 0.662. The number of rotatable bonds is 5. The highest BCUT2D eigenvalue weighted by molar-refractivity contribution is 4.74. The molecule has 1 atom stereocenters. The molecule has 0 aromatic heterocycles. The van der Waals surface area contributed by atoms with Crippen molar-refractivity contribution >= 4 is 0 Å². The van der Waals surface area contributed by atoms with Crippen molar-refractivity contribution in [3.8, 4) is 0 Å². The number of piperidine rings is 1. The molecule has 0 amide bonds. The highest BCUT2D eigenvalue weighted by Gasteiger charge is 2.21. The van der Waals surface area contributed by atoms with Crippen LogP contribution in [0.5, 0.6) is 0 Å². The largest absolute Gasteiger partial charge is 0.381 e. The highest BCUT2D eigenvalue weighted by Crippen LogP contribution is 2.18. The van der Waals surface area contributed by atoms with E-state index >= 15 is 0 Å². The summed E-state index contributed by atoms with van der Waals surface area (Å²) in [6.07, 6.45) is 2.69. The lowest BCUT2D eigenvalue weighted by molar-refractivity contribution is 0.0402. The third-order valence-electron chi connectivity index (χ3n) is 3.09. The van der Waals surface area contributed by atoms with Crippen LogP contribution in [0.4, 0.5) is 0 Å². The second kappa shape index (κ2) is 6.49. The molecule has 2 heteroatoms. The van der Waals surface area contributed by atoms with Crippen molar-refractivity contribution in [3.05, 3.63) is 0 Å². The lowest BCUT2D eigenvalue weighted by atomic mass is 9.98. The zero-order valence-electron chi connectivity index (χ0n) is 10.8. The average molecular weight is 213 g/mol. The second-order valence-corrected chi connectivity index (χ2v) is 5.53. The van der Waals surface area contributed by atoms with Crippen LogP contribution in [0.25, 0.3) is 0 Å². The number of hydrogen-bond donors (Lipinski definition) is 0. The van der Waals surface area contributed by atoms with Crippen LogP contribution in [0.15, 0.2) is 0 Å². The first-order valence-corrected chi connectivity index (χ1v) is 6.41. The van der Waals surface area contributed by atoms with E-state index in [-0.39, 0.29) is 0 Å². The maximum Gasteiger partial charge on any atom is 0.0506 e. The third kappa shape index (κ3) is 4.98. The van der Waals surface area contributed by atoms with Gasteiger partial charge in [-0.25, -0.2) is 0 Å². The van der Waals surface area contributed by atoms with Crippen molar-refractivity contribution in [1.82, 2.24) is 4.90 Å². The summed E-state index contributed by atoms with van der Waals surface area (Å²) in [5.41, 5.74) is 0. The first-order valence-electron chi connectivity index (χ1n) is 6.41. The molecule has 0 N–H and O–H groups in total. The first-order chi connectivity index (χ1) is 7.09. The Bertz CT molecular complexity index is 168. The van der Waals surface area contributed by atoms with E-state index in [1.54, 1.807) is 0 Å². The molecule has 1 unspecified atom stereocenters. The first kappa shape index (κ1) is 13.0. The molecule has 1 heterocycles. The van der Waals surface area contributed by atoms with Gasteiger partial charge in [0.15, 0.2) is 0 Å². The topological polar surface area (TPSA) is 12.5 Å². The molecule has 0 aromatic carbocycles. The Hall–Kier alpha value is -0.0800. The van der Waals surface area contributed by atoms with Gasteiger partial charge < -0.3 is 9.64 Å². The van der Waals surface area contributed by atoms with Crippen molar-refractivity contribution in [2.75, 3.05) is 26.3 Å². The summed E-state index contributed by atoms with van der Waals surface area (Å²) in [6, 6.07) is 0.692. The Morgan fingerprint density at radius 1 is 1.27 bits per heavy atom. The van der Waals surface area contributed by atoms with Crippen molar-refractivity contribution in [1.29, 1.82) is 0 Å². The van der Waals surface area contributed by atoms with Gasteiger partial charge in [-0.15, -0.1) is 0 Å². The molecule has 0 radical (unpaired) electrons. The molecule has 0 aliphatic carbocycles. The fraction of sp³-hybridized carbons (Fsp3) is 1.00. The van der Waals surface area contributed by atoms with Gasteiger partial charge in [0.2, 0.25) is 0 Å². The molecule has 1 fully saturated rings. The van der Waals surface area contributed by atoms with E-state index in [4.69, 9.17) is 4.74 Å². The van der Waals surface area contributed by atoms with Crippen molar-refractivity contribution < 1.29 is 4.74 Å². The van der Waals surface area contributed by atoms with Crippen LogP contribution in [-0.2, 0) is 4.74 Å². The molecule has 90 valence electrons. The Balaban J connectivity index is 2.18. The van der Waals surface area contributed by atoms with E-state index < -0.39 is 0 Å². The summed E-state index contributed by atoms with van der Waals surface area (Å²) in [6.45, 7) is 13.4. The lowest BCUT2D eigenvalue weighted by Crippen LogP contribution is -2.41. The number of ether oxygens (including phenoxy) is 1. The Morgan fingerprint density at radius 2 is 2.00 bits per heavy atom. The average Bonchev–Trinajstić information content (AvgIpc) is 2.17. The van der Waals surface area contributed by atoms with Gasteiger partial charge in [0.05, 0.1) is 6.61 Å². The van der Waals surface area contributed by atoms with Crippen molar-refractivity contribution in [2.24, 2.45) is 11.8 Å². The van der Waals surface area contributed by atoms with E-state index in [0.717, 1.165) is 19.1 Å². The summed E-state index contributed by atoms with van der Waals surface area (Å²) in [4.78, 5) is 2.58. The number of hydrogen-bond acceptors (Lipinski definition) is 2. The lowest BCUT2D eigenvalue weighted by Gasteiger charge is -2.35. The molecule has 0 spiro atoms. The van der Waals surface area contributed by atoms with Gasteiger partial charge in [-0.2, -0.15) is 0 Å². The monoisotopic (exact) mass is 213 g/mol. The van der Waals surface area contributed by atoms with E-state index in [1.165, 1.54) is 25.9 Å². The summed E-state index contributed by atoms with van der Waals surface area (Å²) >= 11 is 0. The summed E-state index contributed by atoms with van der Waals surface area (Å²) in [5, 5.41) is 0. The second-order valence-electron chi connectivity index (χ2n) is 5.53. The molecular formula is C13H27NO. The van der Waals surface area contributed by atoms with Crippen LogP contribution in [0.2, 0.25) is 0 Å². The summed E-state index contributed by atoms with van der Waals surface area (Å²) < 4.78 is 5.74. The van der Waals surface area contributed by atoms with E-state index in [0.29, 0.717) is 12.0 Å². The molecule has 1 saturated heterocycles. The van der Waals surface area contributed by atoms with Crippen molar-refractivity contribution in [3.63, 3.8) is 0 Å². The normalized spacial score (nSPS) is 24.0. The Kier molecular flexibility index (Phi) is 5.62. The maximum atomic E-state index is 5.74. The molecular weight excluding hydrogens is 186 g/mol. The number of likely N-dealkylation sites (tertiary alicyclic amines) is 1. The highest BCUT2D eigenvalue weighted by atomic mass is 16.5. The van der Waals surface area contributed by atoms with Gasteiger partial charge in [0.1, 0.15) is 0 Å². The third-order valence-corrected chi connectivity index (χ3v) is 3.09. The maximum absolute atomic E-state index is 5.74. The zero-order valence-corrected chi connectivity index (χ0v) is 10.8. The minimum Gasteiger partial charge on any atom is -0.381 e. The molecule has 0 bridgehead atoms. The quantitative estimate of drug-likeness (QED) is 0.696. The van der Waals surface area contributed by atoms with E-state index in [2.05, 4.69) is 32.6 Å². The van der Waals surface area contributed by atoms with Crippen LogP contribution in [0.1, 0.15) is 40.5 Å². The molecule has 2 nitrogen and oxygen atoms in total. The van der Waals surface area contributed by atoms with Crippen LogP contribution in [0.3, 0.4) is 0 Å². The van der Waals surface area contributed by atoms with Crippen molar-refractivity contribution in [2.45, 2.75) is 46.6 Å². The summed E-state index contributed by atoms with van der Waals surface area (Å²) in [5.74, 6) is 1.43. The zero-order chi connectivity index (χ0) is 11.3. The molecule has 1 aliphatic rings. The van der Waals surface area contributed by atoms with Crippen LogP contribution >= 0.6 is 0 Å². The predicted molar refractivity (Wildman–Crippen MR) is 65.1 cm³/mol. The van der Waals surface area contributed by atoms with Gasteiger partial charge in [0.25, 0.3) is 0 Å². The summed E-state index contributed by atoms with van der Waals surface area (Å²) in [7, 11) is 0. The molecule has 1 rings (SSSR count). The van der Waals surface area contributed by atoms with Crippen LogP contribution in [0, 0.1) is 11.8 Å². The van der Waals surface area contributed by atoms with E-state index in [1.807, 2.05) is 0 Å². The fourth-order valence-corrected chi connectivity index (χ4v) is 2.17. The Labute approximate surface area is 95.0 Å². The fourth-order valence-electron chi connectivity index (χ4n) is 2.17. The SMILES string of the molecule is CC(C)COCC1CCCN(C(C)C)C1. The van der Waals surface area contributed by atoms with Gasteiger partial charge in [-0.1, -0.05) is 13.8 Å². The van der Waals surface area contributed by atoms with Gasteiger partial charge in [0, 0.05) is 19.2 Å². The predicted octanol–water partition coefficient (Wildman–Crippen LogP) is 2.78. The minimum atomic E-state index is 0.662. The van der Waals surface area contributed by atoms with Crippen LogP contribution < -0.4 is 0 Å². The van der Waals surface area contributed by atoms with E-state index in [9.17, 15) is 0 Å². The van der Waals surface area contributed by atoms with Crippen LogP contribution in [-0.4, -0.2) is 37.2 Å². The van der Waals surface area contributed by atoms with Gasteiger partial charge in [-0.3, -0.25) is 0 Å². The van der Waals surface area contributed by atoms with Gasteiger partial charge in [-0.05, 0) is 45.1 Å². The number of nitrogens with zero attached hydrogens (tertiary/aromatic N) is 1. The molecule has 0 saturated carbocycles. The smallest absolute Gasteiger partial charge is 0.0506 e. The Morgan fingerprint density at radius 3 is 2.60 bits per heavy atom. The molecule has 0 aromatic rings. The standard InChI is InChI=1S/C13H27NO/c1-11(2)9-15-10-13-6-5-7-14(8-13)12(3)4/h11-13H,5-10H2,1-4H3. The molecule has 1 aliphatic heterocycles.